The van der Waals surface area contributed by atoms with Gasteiger partial charge in [0.05, 0.1) is 4.90 Å². The zero-order chi connectivity index (χ0) is 20.4. The largest absolute Gasteiger partial charge is 0.306 e. The lowest BCUT2D eigenvalue weighted by molar-refractivity contribution is 0.102. The molecule has 1 saturated heterocycles. The van der Waals surface area contributed by atoms with Crippen molar-refractivity contribution in [2.24, 2.45) is 0 Å². The summed E-state index contributed by atoms with van der Waals surface area (Å²) < 4.78 is 28.4. The van der Waals surface area contributed by atoms with Crippen LogP contribution in [0.4, 0.5) is 5.82 Å². The third-order valence-corrected chi connectivity index (χ3v) is 6.70. The molecule has 0 atom stereocenters. The molecule has 0 bridgehead atoms. The number of benzene rings is 1. The van der Waals surface area contributed by atoms with Crippen LogP contribution in [0.5, 0.6) is 0 Å². The van der Waals surface area contributed by atoms with E-state index in [0.717, 1.165) is 18.7 Å². The lowest BCUT2D eigenvalue weighted by atomic mass is 10.2. The Morgan fingerprint density at radius 3 is 2.45 bits per heavy atom. The van der Waals surface area contributed by atoms with Crippen molar-refractivity contribution in [1.82, 2.24) is 23.8 Å². The molecule has 1 N–H and O–H groups in total. The van der Waals surface area contributed by atoms with Gasteiger partial charge in [0, 0.05) is 37.1 Å². The molecule has 4 rings (SSSR count). The fourth-order valence-corrected chi connectivity index (χ4v) is 4.73. The maximum absolute atomic E-state index is 12.6. The number of sulfonamides is 1. The molecule has 1 fully saturated rings. The minimum absolute atomic E-state index is 0.191. The van der Waals surface area contributed by atoms with E-state index in [-0.39, 0.29) is 10.8 Å². The second-order valence-corrected chi connectivity index (χ2v) is 8.63. The first kappa shape index (κ1) is 19.2. The predicted molar refractivity (Wildman–Crippen MR) is 106 cm³/mol. The highest BCUT2D eigenvalue weighted by Crippen LogP contribution is 2.21. The molecule has 1 amide bonds. The monoisotopic (exact) mass is 412 g/mol. The van der Waals surface area contributed by atoms with Crippen LogP contribution in [0.2, 0.25) is 0 Å². The van der Waals surface area contributed by atoms with Gasteiger partial charge in [-0.2, -0.15) is 4.31 Å². The second-order valence-electron chi connectivity index (χ2n) is 6.70. The van der Waals surface area contributed by atoms with Gasteiger partial charge >= 0.3 is 0 Å². The Kier molecular flexibility index (Phi) is 5.12. The van der Waals surface area contributed by atoms with Gasteiger partial charge in [0.1, 0.15) is 23.8 Å². The topological polar surface area (TPSA) is 110 Å². The average Bonchev–Trinajstić information content (AvgIpc) is 3.40. The molecule has 3 heterocycles. The summed E-state index contributed by atoms with van der Waals surface area (Å²) in [6.07, 6.45) is 6.53. The van der Waals surface area contributed by atoms with Crippen LogP contribution >= 0.6 is 0 Å². The van der Waals surface area contributed by atoms with Gasteiger partial charge in [-0.25, -0.2) is 23.4 Å². The Morgan fingerprint density at radius 1 is 1.07 bits per heavy atom. The van der Waals surface area contributed by atoms with Gasteiger partial charge in [-0.1, -0.05) is 0 Å². The number of aryl methyl sites for hydroxylation is 1. The van der Waals surface area contributed by atoms with Gasteiger partial charge in [0.2, 0.25) is 10.0 Å². The minimum Gasteiger partial charge on any atom is -0.306 e. The molecule has 150 valence electrons. The van der Waals surface area contributed by atoms with Crippen molar-refractivity contribution in [2.75, 3.05) is 18.4 Å². The molecule has 2 aromatic heterocycles. The van der Waals surface area contributed by atoms with Crippen LogP contribution in [-0.4, -0.2) is 51.2 Å². The fraction of sp³-hybridized carbons (Fsp3) is 0.263. The van der Waals surface area contributed by atoms with E-state index >= 15 is 0 Å². The molecular weight excluding hydrogens is 392 g/mol. The summed E-state index contributed by atoms with van der Waals surface area (Å²) in [6.45, 7) is 2.92. The van der Waals surface area contributed by atoms with Gasteiger partial charge in [0.25, 0.3) is 5.91 Å². The first-order valence-corrected chi connectivity index (χ1v) is 10.6. The van der Waals surface area contributed by atoms with Crippen molar-refractivity contribution in [3.8, 4) is 5.82 Å². The normalized spacial score (nSPS) is 14.8. The van der Waals surface area contributed by atoms with E-state index in [2.05, 4.69) is 20.3 Å². The summed E-state index contributed by atoms with van der Waals surface area (Å²) in [5.74, 6) is 1.29. The minimum atomic E-state index is -3.50. The maximum Gasteiger partial charge on any atom is 0.256 e. The Hall–Kier alpha value is -3.11. The summed E-state index contributed by atoms with van der Waals surface area (Å²) in [5.41, 5.74) is 0.337. The van der Waals surface area contributed by atoms with Crippen LogP contribution in [0.1, 0.15) is 29.0 Å². The summed E-state index contributed by atoms with van der Waals surface area (Å²) in [4.78, 5) is 25.1. The van der Waals surface area contributed by atoms with Crippen LogP contribution in [-0.2, 0) is 10.0 Å². The summed E-state index contributed by atoms with van der Waals surface area (Å²) in [6, 6.07) is 7.56. The van der Waals surface area contributed by atoms with Crippen molar-refractivity contribution in [2.45, 2.75) is 24.7 Å². The Bertz CT molecular complexity index is 1130. The number of rotatable bonds is 5. The summed E-state index contributed by atoms with van der Waals surface area (Å²) in [7, 11) is -3.50. The van der Waals surface area contributed by atoms with Crippen molar-refractivity contribution in [1.29, 1.82) is 0 Å². The van der Waals surface area contributed by atoms with E-state index in [0.29, 0.717) is 30.3 Å². The lowest BCUT2D eigenvalue weighted by Gasteiger charge is -2.15. The number of imidazole rings is 1. The molecule has 0 unspecified atom stereocenters. The highest BCUT2D eigenvalue weighted by Gasteiger charge is 2.27. The standard InChI is InChI=1S/C19H20N6O3S/c1-14-20-8-11-25(14)18-12-17(21-13-22-18)23-19(26)15-4-6-16(7-5-15)29(27,28)24-9-2-3-10-24/h4-8,11-13H,2-3,9-10H2,1H3,(H,21,22,23,26). The quantitative estimate of drug-likeness (QED) is 0.686. The SMILES string of the molecule is Cc1nccn1-c1cc(NC(=O)c2ccc(S(=O)(=O)N3CCCC3)cc2)ncn1. The Balaban J connectivity index is 1.50. The summed E-state index contributed by atoms with van der Waals surface area (Å²) in [5, 5.41) is 2.71. The van der Waals surface area contributed by atoms with Crippen LogP contribution in [0.15, 0.2) is 53.9 Å². The van der Waals surface area contributed by atoms with Crippen LogP contribution in [0.25, 0.3) is 5.82 Å². The van der Waals surface area contributed by atoms with E-state index in [9.17, 15) is 13.2 Å². The average molecular weight is 412 g/mol. The fourth-order valence-electron chi connectivity index (χ4n) is 3.21. The molecule has 1 aromatic carbocycles. The zero-order valence-electron chi connectivity index (χ0n) is 15.8. The number of aromatic nitrogens is 4. The van der Waals surface area contributed by atoms with Crippen molar-refractivity contribution < 1.29 is 13.2 Å². The molecular formula is C19H20N6O3S. The smallest absolute Gasteiger partial charge is 0.256 e. The van der Waals surface area contributed by atoms with Gasteiger partial charge < -0.3 is 5.32 Å². The van der Waals surface area contributed by atoms with E-state index in [1.807, 2.05) is 6.92 Å². The highest BCUT2D eigenvalue weighted by atomic mass is 32.2. The van der Waals surface area contributed by atoms with E-state index < -0.39 is 10.0 Å². The van der Waals surface area contributed by atoms with Crippen LogP contribution in [0.3, 0.4) is 0 Å². The zero-order valence-corrected chi connectivity index (χ0v) is 16.6. The summed E-state index contributed by atoms with van der Waals surface area (Å²) >= 11 is 0. The maximum atomic E-state index is 12.6. The molecule has 10 heteroatoms. The highest BCUT2D eigenvalue weighted by molar-refractivity contribution is 7.89. The molecule has 3 aromatic rings. The second kappa shape index (κ2) is 7.72. The van der Waals surface area contributed by atoms with Gasteiger partial charge in [0.15, 0.2) is 0 Å². The number of carbonyl (C=O) groups is 1. The molecule has 0 aliphatic carbocycles. The first-order valence-electron chi connectivity index (χ1n) is 9.19. The Labute approximate surface area is 168 Å². The molecule has 29 heavy (non-hydrogen) atoms. The molecule has 1 aliphatic heterocycles. The van der Waals surface area contributed by atoms with Gasteiger partial charge in [-0.05, 0) is 44.0 Å². The third-order valence-electron chi connectivity index (χ3n) is 4.79. The number of carbonyl (C=O) groups excluding carboxylic acids is 1. The number of anilines is 1. The van der Waals surface area contributed by atoms with Crippen molar-refractivity contribution in [3.05, 3.63) is 60.4 Å². The number of hydrogen-bond acceptors (Lipinski definition) is 6. The molecule has 0 spiro atoms. The van der Waals surface area contributed by atoms with Gasteiger partial charge in [-0.15, -0.1) is 0 Å². The molecule has 0 saturated carbocycles. The number of amides is 1. The molecule has 0 radical (unpaired) electrons. The first-order chi connectivity index (χ1) is 13.9. The molecule has 9 nitrogen and oxygen atoms in total. The third kappa shape index (κ3) is 3.89. The Morgan fingerprint density at radius 2 is 1.79 bits per heavy atom. The van der Waals surface area contributed by atoms with E-state index in [1.54, 1.807) is 23.0 Å². The van der Waals surface area contributed by atoms with Gasteiger partial charge in [-0.3, -0.25) is 9.36 Å². The predicted octanol–water partition coefficient (Wildman–Crippen LogP) is 2.01. The number of hydrogen-bond donors (Lipinski definition) is 1. The molecule has 1 aliphatic rings. The lowest BCUT2D eigenvalue weighted by Crippen LogP contribution is -2.27. The van der Waals surface area contributed by atoms with E-state index in [4.69, 9.17) is 0 Å². The van der Waals surface area contributed by atoms with E-state index in [1.165, 1.54) is 34.9 Å². The van der Waals surface area contributed by atoms with Crippen molar-refractivity contribution >= 4 is 21.7 Å². The number of nitrogens with one attached hydrogen (secondary N) is 1. The number of nitrogens with zero attached hydrogens (tertiary/aromatic N) is 5. The van der Waals surface area contributed by atoms with Crippen LogP contribution < -0.4 is 5.32 Å². The van der Waals surface area contributed by atoms with Crippen LogP contribution in [0, 0.1) is 6.92 Å². The van der Waals surface area contributed by atoms with Crippen molar-refractivity contribution in [3.63, 3.8) is 0 Å².